The molecule has 0 saturated carbocycles. The first-order valence-electron chi connectivity index (χ1n) is 8.28. The van der Waals surface area contributed by atoms with Crippen LogP contribution in [-0.4, -0.2) is 26.6 Å². The van der Waals surface area contributed by atoms with E-state index in [1.54, 1.807) is 7.11 Å². The minimum atomic E-state index is -1.21. The van der Waals surface area contributed by atoms with Crippen LogP contribution in [0.1, 0.15) is 44.9 Å². The van der Waals surface area contributed by atoms with Crippen molar-refractivity contribution in [2.24, 2.45) is 0 Å². The summed E-state index contributed by atoms with van der Waals surface area (Å²) in [6.45, 7) is 8.24. The zero-order chi connectivity index (χ0) is 19.3. The maximum Gasteiger partial charge on any atom is 0.156 e. The summed E-state index contributed by atoms with van der Waals surface area (Å²) < 4.78 is 20.2. The van der Waals surface area contributed by atoms with Gasteiger partial charge < -0.3 is 14.6 Å². The fourth-order valence-corrected chi connectivity index (χ4v) is 3.18. The van der Waals surface area contributed by atoms with Crippen LogP contribution >= 0.6 is 11.6 Å². The number of nitrogens with zero attached hydrogens (tertiary/aromatic N) is 2. The van der Waals surface area contributed by atoms with E-state index in [2.05, 4.69) is 20.2 Å². The zero-order valence-electron chi connectivity index (χ0n) is 15.7. The average Bonchev–Trinajstić information content (AvgIpc) is 2.60. The summed E-state index contributed by atoms with van der Waals surface area (Å²) >= 11 is 4.98. The number of halogens is 1. The topological polar surface area (TPSA) is 82.1 Å². The van der Waals surface area contributed by atoms with Gasteiger partial charge in [-0.2, -0.15) is 0 Å². The second kappa shape index (κ2) is 8.90. The lowest BCUT2D eigenvalue weighted by Crippen LogP contribution is -2.40. The molecule has 1 aromatic carbocycles. The molecule has 2 aromatic rings. The van der Waals surface area contributed by atoms with Gasteiger partial charge in [0.1, 0.15) is 16.3 Å². The van der Waals surface area contributed by atoms with Crippen LogP contribution in [0.25, 0.3) is 0 Å². The first-order chi connectivity index (χ1) is 12.2. The van der Waals surface area contributed by atoms with Crippen molar-refractivity contribution in [1.29, 1.82) is 0 Å². The third-order valence-corrected chi connectivity index (χ3v) is 5.69. The lowest BCUT2D eigenvalue weighted by molar-refractivity contribution is 0.414. The Kier molecular flexibility index (Phi) is 7.11. The Morgan fingerprint density at radius 2 is 1.88 bits per heavy atom. The molecule has 8 heteroatoms. The molecule has 0 fully saturated rings. The number of rotatable bonds is 7. The number of anilines is 1. The molecule has 0 spiro atoms. The Balaban J connectivity index is 2.05. The van der Waals surface area contributed by atoms with Crippen molar-refractivity contribution in [2.45, 2.75) is 45.0 Å². The predicted molar refractivity (Wildman–Crippen MR) is 107 cm³/mol. The maximum atomic E-state index is 12.3. The summed E-state index contributed by atoms with van der Waals surface area (Å²) in [6.07, 6.45) is 0. The molecule has 26 heavy (non-hydrogen) atoms. The highest BCUT2D eigenvalue weighted by atomic mass is 35.5. The van der Waals surface area contributed by atoms with Gasteiger partial charge in [-0.1, -0.05) is 23.7 Å². The molecule has 2 atom stereocenters. The second-order valence-corrected chi connectivity index (χ2v) is 9.25. The quantitative estimate of drug-likeness (QED) is 0.691. The van der Waals surface area contributed by atoms with Gasteiger partial charge in [-0.15, -0.1) is 14.9 Å². The molecule has 1 aromatic heterocycles. The average molecular weight is 397 g/mol. The Hall–Kier alpha value is -1.54. The Bertz CT molecular complexity index is 722. The highest BCUT2D eigenvalue weighted by Crippen LogP contribution is 2.25. The van der Waals surface area contributed by atoms with Gasteiger partial charge >= 0.3 is 0 Å². The summed E-state index contributed by atoms with van der Waals surface area (Å²) in [5.41, 5.74) is 1.83. The zero-order valence-corrected chi connectivity index (χ0v) is 17.2. The molecule has 0 bridgehead atoms. The van der Waals surface area contributed by atoms with Crippen molar-refractivity contribution in [3.05, 3.63) is 46.6 Å². The van der Waals surface area contributed by atoms with E-state index in [1.165, 1.54) is 0 Å². The largest absolute Gasteiger partial charge is 0.598 e. The first kappa shape index (κ1) is 20.8. The van der Waals surface area contributed by atoms with Crippen LogP contribution in [-0.2, 0) is 17.9 Å². The Morgan fingerprint density at radius 3 is 2.46 bits per heavy atom. The highest BCUT2D eigenvalue weighted by molar-refractivity contribution is 7.90. The molecule has 2 rings (SSSR count). The summed E-state index contributed by atoms with van der Waals surface area (Å²) in [5, 5.41) is 11.6. The number of hydrogen-bond donors (Lipinski definition) is 2. The molecule has 0 amide bonds. The van der Waals surface area contributed by atoms with Gasteiger partial charge in [-0.25, -0.2) is 0 Å². The number of hydrogen-bond acceptors (Lipinski definition) is 6. The molecule has 0 aliphatic rings. The van der Waals surface area contributed by atoms with Gasteiger partial charge in [0.2, 0.25) is 0 Å². The lowest BCUT2D eigenvalue weighted by Gasteiger charge is -2.26. The van der Waals surface area contributed by atoms with Gasteiger partial charge in [0.25, 0.3) is 0 Å². The van der Waals surface area contributed by atoms with E-state index in [0.29, 0.717) is 17.5 Å². The third kappa shape index (κ3) is 5.74. The maximum absolute atomic E-state index is 12.3. The van der Waals surface area contributed by atoms with Crippen LogP contribution in [0.5, 0.6) is 5.75 Å². The van der Waals surface area contributed by atoms with E-state index in [9.17, 15) is 4.55 Å². The van der Waals surface area contributed by atoms with Crippen molar-refractivity contribution in [2.75, 3.05) is 12.4 Å². The Morgan fingerprint density at radius 1 is 1.23 bits per heavy atom. The molecule has 0 saturated heterocycles. The molecule has 1 heterocycles. The number of aromatic nitrogens is 2. The summed E-state index contributed by atoms with van der Waals surface area (Å²) in [5.74, 6) is 1.42. The van der Waals surface area contributed by atoms with Gasteiger partial charge in [0.15, 0.2) is 5.15 Å². The van der Waals surface area contributed by atoms with Crippen molar-refractivity contribution >= 4 is 28.8 Å². The van der Waals surface area contributed by atoms with E-state index in [-0.39, 0.29) is 10.8 Å². The fraction of sp³-hybridized carbons (Fsp3) is 0.444. The minimum Gasteiger partial charge on any atom is -0.598 e. The highest BCUT2D eigenvalue weighted by Gasteiger charge is 2.29. The third-order valence-electron chi connectivity index (χ3n) is 3.72. The summed E-state index contributed by atoms with van der Waals surface area (Å²) in [7, 11) is 1.64. The van der Waals surface area contributed by atoms with E-state index < -0.39 is 11.4 Å². The van der Waals surface area contributed by atoms with E-state index >= 15 is 0 Å². The smallest absolute Gasteiger partial charge is 0.156 e. The molecular weight excluding hydrogens is 372 g/mol. The van der Waals surface area contributed by atoms with Crippen LogP contribution in [0, 0.1) is 0 Å². The first-order valence-corrected chi connectivity index (χ1v) is 9.81. The second-order valence-electron chi connectivity index (χ2n) is 6.90. The molecule has 0 aliphatic carbocycles. The van der Waals surface area contributed by atoms with Crippen LogP contribution in [0.3, 0.4) is 0 Å². The fourth-order valence-electron chi connectivity index (χ4n) is 2.12. The van der Waals surface area contributed by atoms with E-state index in [0.717, 1.165) is 16.9 Å². The summed E-state index contributed by atoms with van der Waals surface area (Å²) in [6, 6.07) is 9.38. The molecule has 0 radical (unpaired) electrons. The predicted octanol–water partition coefficient (Wildman–Crippen LogP) is 3.86. The van der Waals surface area contributed by atoms with Crippen LogP contribution in [0.15, 0.2) is 30.3 Å². The van der Waals surface area contributed by atoms with Gasteiger partial charge in [0.05, 0.1) is 13.2 Å². The lowest BCUT2D eigenvalue weighted by atomic mass is 10.1. The molecular formula is C18H25ClN4O2S. The number of methoxy groups -OCH3 is 1. The van der Waals surface area contributed by atoms with Crippen LogP contribution in [0.4, 0.5) is 5.82 Å². The van der Waals surface area contributed by atoms with E-state index in [4.69, 9.17) is 16.3 Å². The summed E-state index contributed by atoms with van der Waals surface area (Å²) in [4.78, 5) is 0. The normalized spacial score (nSPS) is 14.0. The van der Waals surface area contributed by atoms with E-state index in [1.807, 2.05) is 58.0 Å². The van der Waals surface area contributed by atoms with Gasteiger partial charge in [-0.05, 0) is 51.5 Å². The molecule has 0 aliphatic heterocycles. The monoisotopic (exact) mass is 396 g/mol. The van der Waals surface area contributed by atoms with Crippen LogP contribution in [0.2, 0.25) is 5.15 Å². The van der Waals surface area contributed by atoms with Crippen molar-refractivity contribution in [1.82, 2.24) is 14.9 Å². The van der Waals surface area contributed by atoms with Crippen molar-refractivity contribution in [3.63, 3.8) is 0 Å². The standard InChI is InChI=1S/C18H25ClN4O2S/c1-12(23-26(24)18(2,3)4)15-10-16(21-22-17(15)19)20-11-13-6-8-14(25-5)9-7-13/h6-10,12,23H,11H2,1-5H3,(H,20,21). The van der Waals surface area contributed by atoms with Crippen LogP contribution < -0.4 is 14.8 Å². The van der Waals surface area contributed by atoms with Crippen molar-refractivity contribution in [3.8, 4) is 5.75 Å². The molecule has 142 valence electrons. The number of benzene rings is 1. The van der Waals surface area contributed by atoms with Crippen molar-refractivity contribution < 1.29 is 9.29 Å². The van der Waals surface area contributed by atoms with Gasteiger partial charge in [0, 0.05) is 23.5 Å². The Labute approximate surface area is 163 Å². The number of ether oxygens (including phenoxy) is 1. The SMILES string of the molecule is COc1ccc(CNc2cc(C(C)N[S+]([O-])C(C)(C)C)c(Cl)nn2)cc1. The molecule has 6 nitrogen and oxygen atoms in total. The molecule has 2 unspecified atom stereocenters. The number of nitrogens with one attached hydrogen (secondary N) is 2. The minimum absolute atomic E-state index is 0.223. The molecule has 2 N–H and O–H groups in total. The van der Waals surface area contributed by atoms with Gasteiger partial charge in [-0.3, -0.25) is 0 Å².